The summed E-state index contributed by atoms with van der Waals surface area (Å²) in [4.78, 5) is 8.51. The first-order chi connectivity index (χ1) is 9.90. The minimum atomic E-state index is 0.105. The Labute approximate surface area is 126 Å². The smallest absolute Gasteiger partial charge is 0.141 e. The van der Waals surface area contributed by atoms with Gasteiger partial charge in [0.05, 0.1) is 25.0 Å². The molecule has 4 heteroatoms. The standard InChI is InChI=1S/C17H23N3O/c1-12-18-9-8-14(20-12)11-19-15-10-13(17(2,3)4)6-7-16(15)21-5/h6-10,19H,11H2,1-5H3. The monoisotopic (exact) mass is 285 g/mol. The second-order valence-corrected chi connectivity index (χ2v) is 6.11. The van der Waals surface area contributed by atoms with Crippen LogP contribution in [0, 0.1) is 6.92 Å². The van der Waals surface area contributed by atoms with E-state index in [1.54, 1.807) is 13.3 Å². The Morgan fingerprint density at radius 2 is 1.95 bits per heavy atom. The lowest BCUT2D eigenvalue weighted by molar-refractivity contribution is 0.416. The summed E-state index contributed by atoms with van der Waals surface area (Å²) in [6, 6.07) is 8.18. The van der Waals surface area contributed by atoms with Crippen LogP contribution in [-0.4, -0.2) is 17.1 Å². The van der Waals surface area contributed by atoms with Gasteiger partial charge in [0.1, 0.15) is 11.6 Å². The van der Waals surface area contributed by atoms with E-state index in [4.69, 9.17) is 4.74 Å². The first kappa shape index (κ1) is 15.3. The molecule has 21 heavy (non-hydrogen) atoms. The van der Waals surface area contributed by atoms with E-state index in [9.17, 15) is 0 Å². The lowest BCUT2D eigenvalue weighted by Crippen LogP contribution is -2.12. The lowest BCUT2D eigenvalue weighted by Gasteiger charge is -2.21. The first-order valence-electron chi connectivity index (χ1n) is 7.11. The Bertz CT molecular complexity index is 618. The SMILES string of the molecule is COc1ccc(C(C)(C)C)cc1NCc1ccnc(C)n1. The highest BCUT2D eigenvalue weighted by Crippen LogP contribution is 2.31. The van der Waals surface area contributed by atoms with Crippen LogP contribution in [0.2, 0.25) is 0 Å². The highest BCUT2D eigenvalue weighted by molar-refractivity contribution is 5.59. The molecule has 0 radical (unpaired) electrons. The Balaban J connectivity index is 2.21. The van der Waals surface area contributed by atoms with E-state index in [1.165, 1.54) is 5.56 Å². The number of nitrogens with one attached hydrogen (secondary N) is 1. The normalized spacial score (nSPS) is 11.3. The van der Waals surface area contributed by atoms with Crippen LogP contribution < -0.4 is 10.1 Å². The second kappa shape index (κ2) is 6.12. The van der Waals surface area contributed by atoms with Gasteiger partial charge >= 0.3 is 0 Å². The van der Waals surface area contributed by atoms with Crippen LogP contribution in [0.15, 0.2) is 30.5 Å². The molecule has 1 heterocycles. The Morgan fingerprint density at radius 3 is 2.57 bits per heavy atom. The maximum absolute atomic E-state index is 5.43. The van der Waals surface area contributed by atoms with Crippen molar-refractivity contribution >= 4 is 5.69 Å². The van der Waals surface area contributed by atoms with E-state index < -0.39 is 0 Å². The molecule has 112 valence electrons. The lowest BCUT2D eigenvalue weighted by atomic mass is 9.87. The Hall–Kier alpha value is -2.10. The predicted molar refractivity (Wildman–Crippen MR) is 85.8 cm³/mol. The fourth-order valence-electron chi connectivity index (χ4n) is 2.10. The zero-order chi connectivity index (χ0) is 15.5. The minimum absolute atomic E-state index is 0.105. The molecule has 1 aromatic heterocycles. The molecule has 4 nitrogen and oxygen atoms in total. The summed E-state index contributed by atoms with van der Waals surface area (Å²) in [6.07, 6.45) is 1.78. The number of hydrogen-bond acceptors (Lipinski definition) is 4. The zero-order valence-corrected chi connectivity index (χ0v) is 13.4. The van der Waals surface area contributed by atoms with E-state index in [0.717, 1.165) is 23.0 Å². The fourth-order valence-corrected chi connectivity index (χ4v) is 2.10. The molecule has 1 aromatic carbocycles. The molecular formula is C17H23N3O. The Morgan fingerprint density at radius 1 is 1.19 bits per heavy atom. The number of methoxy groups -OCH3 is 1. The van der Waals surface area contributed by atoms with Crippen LogP contribution in [0.4, 0.5) is 5.69 Å². The van der Waals surface area contributed by atoms with Crippen molar-refractivity contribution in [2.45, 2.75) is 39.7 Å². The number of aromatic nitrogens is 2. The van der Waals surface area contributed by atoms with Crippen molar-refractivity contribution in [1.82, 2.24) is 9.97 Å². The molecule has 0 saturated heterocycles. The van der Waals surface area contributed by atoms with E-state index >= 15 is 0 Å². The second-order valence-electron chi connectivity index (χ2n) is 6.11. The highest BCUT2D eigenvalue weighted by Gasteiger charge is 2.15. The van der Waals surface area contributed by atoms with Crippen LogP contribution in [0.1, 0.15) is 37.9 Å². The maximum Gasteiger partial charge on any atom is 0.141 e. The van der Waals surface area contributed by atoms with Crippen molar-refractivity contribution in [3.63, 3.8) is 0 Å². The molecule has 2 aromatic rings. The molecule has 0 fully saturated rings. The van der Waals surface area contributed by atoms with E-state index in [0.29, 0.717) is 6.54 Å². The number of nitrogens with zero attached hydrogens (tertiary/aromatic N) is 2. The molecule has 0 saturated carbocycles. The molecule has 0 aliphatic rings. The molecule has 0 unspecified atom stereocenters. The van der Waals surface area contributed by atoms with Crippen molar-refractivity contribution in [2.75, 3.05) is 12.4 Å². The summed E-state index contributed by atoms with van der Waals surface area (Å²) >= 11 is 0. The van der Waals surface area contributed by atoms with Crippen molar-refractivity contribution in [1.29, 1.82) is 0 Å². The molecule has 2 rings (SSSR count). The Kier molecular flexibility index (Phi) is 4.46. The summed E-state index contributed by atoms with van der Waals surface area (Å²) in [7, 11) is 1.69. The fraction of sp³-hybridized carbons (Fsp3) is 0.412. The largest absolute Gasteiger partial charge is 0.495 e. The van der Waals surface area contributed by atoms with Gasteiger partial charge in [-0.15, -0.1) is 0 Å². The minimum Gasteiger partial charge on any atom is -0.495 e. The van der Waals surface area contributed by atoms with Gasteiger partial charge in [-0.3, -0.25) is 0 Å². The topological polar surface area (TPSA) is 47.0 Å². The van der Waals surface area contributed by atoms with E-state index in [-0.39, 0.29) is 5.41 Å². The third-order valence-corrected chi connectivity index (χ3v) is 3.36. The van der Waals surface area contributed by atoms with Gasteiger partial charge in [-0.2, -0.15) is 0 Å². The van der Waals surface area contributed by atoms with Crippen LogP contribution in [-0.2, 0) is 12.0 Å². The van der Waals surface area contributed by atoms with Gasteiger partial charge in [0.15, 0.2) is 0 Å². The number of rotatable bonds is 4. The van der Waals surface area contributed by atoms with Crippen molar-refractivity contribution in [3.8, 4) is 5.75 Å². The highest BCUT2D eigenvalue weighted by atomic mass is 16.5. The number of ether oxygens (including phenoxy) is 1. The van der Waals surface area contributed by atoms with Crippen LogP contribution in [0.3, 0.4) is 0 Å². The van der Waals surface area contributed by atoms with E-state index in [2.05, 4.69) is 48.2 Å². The summed E-state index contributed by atoms with van der Waals surface area (Å²) in [6.45, 7) is 9.14. The van der Waals surface area contributed by atoms with Crippen LogP contribution in [0.25, 0.3) is 0 Å². The van der Waals surface area contributed by atoms with Gasteiger partial charge in [0, 0.05) is 6.20 Å². The summed E-state index contributed by atoms with van der Waals surface area (Å²) < 4.78 is 5.43. The van der Waals surface area contributed by atoms with Gasteiger partial charge in [0.25, 0.3) is 0 Å². The third-order valence-electron chi connectivity index (χ3n) is 3.36. The number of aryl methyl sites for hydroxylation is 1. The molecule has 0 bridgehead atoms. The number of anilines is 1. The van der Waals surface area contributed by atoms with Gasteiger partial charge in [-0.25, -0.2) is 9.97 Å². The molecular weight excluding hydrogens is 262 g/mol. The molecule has 0 aliphatic heterocycles. The van der Waals surface area contributed by atoms with Crippen molar-refractivity contribution in [2.24, 2.45) is 0 Å². The molecule has 0 atom stereocenters. The molecule has 0 amide bonds. The van der Waals surface area contributed by atoms with Crippen molar-refractivity contribution < 1.29 is 4.74 Å². The van der Waals surface area contributed by atoms with E-state index in [1.807, 2.05) is 19.1 Å². The van der Waals surface area contributed by atoms with Gasteiger partial charge in [-0.05, 0) is 36.1 Å². The maximum atomic E-state index is 5.43. The zero-order valence-electron chi connectivity index (χ0n) is 13.4. The van der Waals surface area contributed by atoms with Crippen LogP contribution in [0.5, 0.6) is 5.75 Å². The average molecular weight is 285 g/mol. The van der Waals surface area contributed by atoms with Gasteiger partial charge in [0.2, 0.25) is 0 Å². The number of benzene rings is 1. The third kappa shape index (κ3) is 3.94. The van der Waals surface area contributed by atoms with Crippen molar-refractivity contribution in [3.05, 3.63) is 47.5 Å². The molecule has 0 aliphatic carbocycles. The first-order valence-corrected chi connectivity index (χ1v) is 7.11. The quantitative estimate of drug-likeness (QED) is 0.930. The number of hydrogen-bond donors (Lipinski definition) is 1. The molecule has 1 N–H and O–H groups in total. The van der Waals surface area contributed by atoms with Gasteiger partial charge < -0.3 is 10.1 Å². The summed E-state index contributed by atoms with van der Waals surface area (Å²) in [5, 5.41) is 3.40. The van der Waals surface area contributed by atoms with Crippen LogP contribution >= 0.6 is 0 Å². The molecule has 0 spiro atoms. The summed E-state index contributed by atoms with van der Waals surface area (Å²) in [5.74, 6) is 1.62. The summed E-state index contributed by atoms with van der Waals surface area (Å²) in [5.41, 5.74) is 3.32. The van der Waals surface area contributed by atoms with Gasteiger partial charge in [-0.1, -0.05) is 26.8 Å². The average Bonchev–Trinajstić information content (AvgIpc) is 2.44. The predicted octanol–water partition coefficient (Wildman–Crippen LogP) is 3.70.